The summed E-state index contributed by atoms with van der Waals surface area (Å²) < 4.78 is 13.4. The molecular formula is C15H18N4O2. The second-order valence-electron chi connectivity index (χ2n) is 5.38. The number of hydrogen-bond donors (Lipinski definition) is 2. The maximum atomic E-state index is 5.94. The SMILES string of the molecule is Nc1cnn2c1NCCC2c1ccc2c(c1)OCCCO2. The van der Waals surface area contributed by atoms with Crippen LogP contribution in [0.3, 0.4) is 0 Å². The van der Waals surface area contributed by atoms with Crippen molar-refractivity contribution in [3.8, 4) is 11.5 Å². The van der Waals surface area contributed by atoms with Crippen molar-refractivity contribution in [2.24, 2.45) is 0 Å². The van der Waals surface area contributed by atoms with Crippen LogP contribution in [-0.2, 0) is 0 Å². The fraction of sp³-hybridized carbons (Fsp3) is 0.400. The van der Waals surface area contributed by atoms with Gasteiger partial charge < -0.3 is 20.5 Å². The van der Waals surface area contributed by atoms with Crippen LogP contribution < -0.4 is 20.5 Å². The fourth-order valence-electron chi connectivity index (χ4n) is 2.94. The van der Waals surface area contributed by atoms with E-state index in [0.717, 1.165) is 36.7 Å². The molecule has 0 saturated carbocycles. The Morgan fingerprint density at radius 2 is 2.10 bits per heavy atom. The molecule has 2 aromatic rings. The Bertz CT molecular complexity index is 668. The van der Waals surface area contributed by atoms with Crippen molar-refractivity contribution in [3.05, 3.63) is 30.0 Å². The van der Waals surface area contributed by atoms with E-state index in [1.165, 1.54) is 5.56 Å². The maximum Gasteiger partial charge on any atom is 0.161 e. The summed E-state index contributed by atoms with van der Waals surface area (Å²) in [7, 11) is 0. The van der Waals surface area contributed by atoms with Gasteiger partial charge in [-0.1, -0.05) is 6.07 Å². The lowest BCUT2D eigenvalue weighted by Crippen LogP contribution is -2.24. The van der Waals surface area contributed by atoms with Crippen molar-refractivity contribution in [1.29, 1.82) is 0 Å². The number of nitrogens with one attached hydrogen (secondary N) is 1. The second kappa shape index (κ2) is 4.87. The van der Waals surface area contributed by atoms with Gasteiger partial charge in [0.2, 0.25) is 0 Å². The van der Waals surface area contributed by atoms with Gasteiger partial charge in [-0.15, -0.1) is 0 Å². The number of anilines is 2. The summed E-state index contributed by atoms with van der Waals surface area (Å²) in [6.07, 6.45) is 3.58. The quantitative estimate of drug-likeness (QED) is 0.839. The van der Waals surface area contributed by atoms with Gasteiger partial charge in [-0.2, -0.15) is 5.10 Å². The molecule has 3 N–H and O–H groups in total. The second-order valence-corrected chi connectivity index (χ2v) is 5.38. The number of rotatable bonds is 1. The van der Waals surface area contributed by atoms with Crippen molar-refractivity contribution in [2.45, 2.75) is 18.9 Å². The minimum Gasteiger partial charge on any atom is -0.490 e. The summed E-state index contributed by atoms with van der Waals surface area (Å²) in [5.74, 6) is 2.55. The first kappa shape index (κ1) is 12.4. The molecule has 4 rings (SSSR count). The van der Waals surface area contributed by atoms with Crippen LogP contribution in [0, 0.1) is 0 Å². The molecule has 1 aromatic carbocycles. The Morgan fingerprint density at radius 3 is 3.00 bits per heavy atom. The van der Waals surface area contributed by atoms with Crippen molar-refractivity contribution < 1.29 is 9.47 Å². The number of nitrogens with two attached hydrogens (primary N) is 1. The summed E-state index contributed by atoms with van der Waals surface area (Å²) >= 11 is 0. The van der Waals surface area contributed by atoms with E-state index in [0.29, 0.717) is 18.9 Å². The number of nitrogens with zero attached hydrogens (tertiary/aromatic N) is 2. The molecule has 0 fully saturated rings. The number of aromatic nitrogens is 2. The van der Waals surface area contributed by atoms with Crippen LogP contribution in [0.2, 0.25) is 0 Å². The highest BCUT2D eigenvalue weighted by molar-refractivity contribution is 5.62. The van der Waals surface area contributed by atoms with Gasteiger partial charge in [0.05, 0.1) is 31.1 Å². The predicted octanol–water partition coefficient (Wildman–Crippen LogP) is 2.03. The Morgan fingerprint density at radius 1 is 1.24 bits per heavy atom. The number of nitrogen functional groups attached to an aromatic ring is 1. The molecule has 21 heavy (non-hydrogen) atoms. The van der Waals surface area contributed by atoms with Crippen molar-refractivity contribution in [2.75, 3.05) is 30.8 Å². The molecule has 0 amide bonds. The molecule has 110 valence electrons. The summed E-state index contributed by atoms with van der Waals surface area (Å²) in [5, 5.41) is 7.70. The molecule has 0 aliphatic carbocycles. The van der Waals surface area contributed by atoms with Crippen LogP contribution in [-0.4, -0.2) is 29.5 Å². The Hall–Kier alpha value is -2.37. The maximum absolute atomic E-state index is 5.94. The zero-order valence-electron chi connectivity index (χ0n) is 11.7. The highest BCUT2D eigenvalue weighted by atomic mass is 16.5. The Kier molecular flexibility index (Phi) is 2.87. The molecule has 2 aliphatic heterocycles. The molecule has 1 atom stereocenters. The zero-order valence-corrected chi connectivity index (χ0v) is 11.7. The van der Waals surface area contributed by atoms with E-state index >= 15 is 0 Å². The first-order valence-electron chi connectivity index (χ1n) is 7.29. The molecule has 3 heterocycles. The van der Waals surface area contributed by atoms with Gasteiger partial charge in [0.25, 0.3) is 0 Å². The van der Waals surface area contributed by atoms with Gasteiger partial charge >= 0.3 is 0 Å². The van der Waals surface area contributed by atoms with Crippen LogP contribution in [0.5, 0.6) is 11.5 Å². The standard InChI is InChI=1S/C15H18N4O2/c16-11-9-18-19-12(4-5-17-15(11)19)10-2-3-13-14(8-10)21-7-1-6-20-13/h2-3,8-9,12,17H,1,4-7,16H2. The summed E-state index contributed by atoms with van der Waals surface area (Å²) in [6, 6.07) is 6.32. The predicted molar refractivity (Wildman–Crippen MR) is 79.9 cm³/mol. The normalized spacial score (nSPS) is 20.3. The number of benzene rings is 1. The van der Waals surface area contributed by atoms with E-state index in [9.17, 15) is 0 Å². The van der Waals surface area contributed by atoms with Gasteiger partial charge in [0, 0.05) is 13.0 Å². The summed E-state index contributed by atoms with van der Waals surface area (Å²) in [5.41, 5.74) is 7.80. The third-order valence-electron chi connectivity index (χ3n) is 3.99. The number of fused-ring (bicyclic) bond motifs is 2. The monoisotopic (exact) mass is 286 g/mol. The van der Waals surface area contributed by atoms with E-state index in [1.54, 1.807) is 6.20 Å². The number of ether oxygens (including phenoxy) is 2. The third-order valence-corrected chi connectivity index (χ3v) is 3.99. The average Bonchev–Trinajstić information content (AvgIpc) is 2.75. The largest absolute Gasteiger partial charge is 0.490 e. The first-order chi connectivity index (χ1) is 10.3. The highest BCUT2D eigenvalue weighted by Crippen LogP contribution is 2.37. The van der Waals surface area contributed by atoms with Gasteiger partial charge in [0.15, 0.2) is 11.5 Å². The lowest BCUT2D eigenvalue weighted by atomic mass is 10.0. The molecule has 0 spiro atoms. The molecular weight excluding hydrogens is 268 g/mol. The van der Waals surface area contributed by atoms with Crippen molar-refractivity contribution in [3.63, 3.8) is 0 Å². The molecule has 0 bridgehead atoms. The van der Waals surface area contributed by atoms with E-state index in [4.69, 9.17) is 15.2 Å². The van der Waals surface area contributed by atoms with Crippen LogP contribution >= 0.6 is 0 Å². The summed E-state index contributed by atoms with van der Waals surface area (Å²) in [4.78, 5) is 0. The molecule has 6 heteroatoms. The summed E-state index contributed by atoms with van der Waals surface area (Å²) in [6.45, 7) is 2.29. The lowest BCUT2D eigenvalue weighted by molar-refractivity contribution is 0.297. The molecule has 6 nitrogen and oxygen atoms in total. The van der Waals surface area contributed by atoms with Gasteiger partial charge in [0.1, 0.15) is 5.82 Å². The Balaban J connectivity index is 1.73. The fourth-order valence-corrected chi connectivity index (χ4v) is 2.94. The Labute approximate surface area is 122 Å². The van der Waals surface area contributed by atoms with Crippen LogP contribution in [0.4, 0.5) is 11.5 Å². The first-order valence-corrected chi connectivity index (χ1v) is 7.29. The van der Waals surface area contributed by atoms with Crippen LogP contribution in [0.25, 0.3) is 0 Å². The highest BCUT2D eigenvalue weighted by Gasteiger charge is 2.25. The number of hydrogen-bond acceptors (Lipinski definition) is 5. The van der Waals surface area contributed by atoms with Gasteiger partial charge in [-0.25, -0.2) is 4.68 Å². The molecule has 1 unspecified atom stereocenters. The molecule has 0 radical (unpaired) electrons. The zero-order chi connectivity index (χ0) is 14.2. The molecule has 0 saturated heterocycles. The van der Waals surface area contributed by atoms with E-state index < -0.39 is 0 Å². The minimum absolute atomic E-state index is 0.177. The molecule has 2 aliphatic rings. The minimum atomic E-state index is 0.177. The van der Waals surface area contributed by atoms with E-state index in [-0.39, 0.29) is 6.04 Å². The van der Waals surface area contributed by atoms with Crippen LogP contribution in [0.15, 0.2) is 24.4 Å². The smallest absolute Gasteiger partial charge is 0.161 e. The van der Waals surface area contributed by atoms with E-state index in [1.807, 2.05) is 10.7 Å². The average molecular weight is 286 g/mol. The lowest BCUT2D eigenvalue weighted by Gasteiger charge is -2.26. The van der Waals surface area contributed by atoms with Crippen LogP contribution in [0.1, 0.15) is 24.4 Å². The van der Waals surface area contributed by atoms with E-state index in [2.05, 4.69) is 22.5 Å². The van der Waals surface area contributed by atoms with Crippen molar-refractivity contribution in [1.82, 2.24) is 9.78 Å². The van der Waals surface area contributed by atoms with Crippen molar-refractivity contribution >= 4 is 11.5 Å². The third kappa shape index (κ3) is 2.07. The topological polar surface area (TPSA) is 74.3 Å². The molecule has 1 aromatic heterocycles. The van der Waals surface area contributed by atoms with Gasteiger partial charge in [-0.05, 0) is 24.1 Å². The van der Waals surface area contributed by atoms with Gasteiger partial charge in [-0.3, -0.25) is 0 Å².